The number of esters is 1. The molecule has 1 unspecified atom stereocenters. The van der Waals surface area contributed by atoms with Crippen LogP contribution < -0.4 is 10.7 Å². The third-order valence-electron chi connectivity index (χ3n) is 6.11. The molecule has 2 aliphatic rings. The lowest BCUT2D eigenvalue weighted by molar-refractivity contribution is -0.149. The van der Waals surface area contributed by atoms with E-state index in [1.54, 1.807) is 11.5 Å². The highest BCUT2D eigenvalue weighted by Crippen LogP contribution is 2.34. The number of pyridine rings is 1. The van der Waals surface area contributed by atoms with Crippen molar-refractivity contribution in [2.45, 2.75) is 57.7 Å². The highest BCUT2D eigenvalue weighted by atomic mass is 16.5. The highest BCUT2D eigenvalue weighted by molar-refractivity contribution is 6.00. The molecule has 174 valence electrons. The Morgan fingerprint density at radius 3 is 2.45 bits per heavy atom. The molecule has 1 atom stereocenters. The first-order valence-electron chi connectivity index (χ1n) is 11.5. The lowest BCUT2D eigenvalue weighted by Crippen LogP contribution is -2.50. The van der Waals surface area contributed by atoms with E-state index in [-0.39, 0.29) is 30.3 Å². The van der Waals surface area contributed by atoms with Gasteiger partial charge < -0.3 is 19.5 Å². The molecule has 2 fully saturated rings. The van der Waals surface area contributed by atoms with E-state index in [1.165, 1.54) is 17.3 Å². The van der Waals surface area contributed by atoms with Gasteiger partial charge in [0.25, 0.3) is 11.8 Å². The van der Waals surface area contributed by atoms with Crippen molar-refractivity contribution >= 4 is 17.8 Å². The molecule has 2 heterocycles. The van der Waals surface area contributed by atoms with Crippen molar-refractivity contribution in [2.24, 2.45) is 0 Å². The van der Waals surface area contributed by atoms with Crippen LogP contribution in [0.5, 0.6) is 0 Å². The molecule has 1 aromatic heterocycles. The standard InChI is InChI=1S/C25H29N3O5/c1-2-33-25(32)21-10-6-7-13-28(21)24(31)20-16-27(18-11-12-18)15-19(22(20)29)23(30)26-14-17-8-4-3-5-9-17/h3-5,8-9,15-16,18,21H,2,6-7,10-14H2,1H3,(H,26,30). The molecule has 2 aromatic rings. The molecule has 33 heavy (non-hydrogen) atoms. The molecule has 2 amide bonds. The van der Waals surface area contributed by atoms with Gasteiger partial charge in [0.2, 0.25) is 5.43 Å². The summed E-state index contributed by atoms with van der Waals surface area (Å²) in [5.74, 6) is -1.50. The van der Waals surface area contributed by atoms with Crippen LogP contribution in [-0.2, 0) is 16.1 Å². The van der Waals surface area contributed by atoms with Crippen molar-refractivity contribution in [3.05, 3.63) is 69.6 Å². The number of likely N-dealkylation sites (tertiary alicyclic amines) is 1. The fourth-order valence-electron chi connectivity index (χ4n) is 4.18. The van der Waals surface area contributed by atoms with Crippen LogP contribution in [0.1, 0.15) is 71.3 Å². The maximum atomic E-state index is 13.5. The Kier molecular flexibility index (Phi) is 6.91. The molecule has 1 N–H and O–H groups in total. The monoisotopic (exact) mass is 451 g/mol. The maximum Gasteiger partial charge on any atom is 0.328 e. The van der Waals surface area contributed by atoms with Crippen LogP contribution in [-0.4, -0.2) is 46.4 Å². The van der Waals surface area contributed by atoms with Gasteiger partial charge in [0.15, 0.2) is 0 Å². The maximum absolute atomic E-state index is 13.5. The van der Waals surface area contributed by atoms with Gasteiger partial charge in [0.1, 0.15) is 17.2 Å². The van der Waals surface area contributed by atoms with Gasteiger partial charge >= 0.3 is 5.97 Å². The molecule has 0 radical (unpaired) electrons. The molecule has 0 bridgehead atoms. The summed E-state index contributed by atoms with van der Waals surface area (Å²) in [7, 11) is 0. The number of carbonyl (C=O) groups is 3. The second-order valence-corrected chi connectivity index (χ2v) is 8.52. The average Bonchev–Trinajstić information content (AvgIpc) is 3.69. The van der Waals surface area contributed by atoms with Crippen molar-refractivity contribution < 1.29 is 19.1 Å². The van der Waals surface area contributed by atoms with E-state index in [9.17, 15) is 19.2 Å². The number of nitrogens with zero attached hydrogens (tertiary/aromatic N) is 2. The van der Waals surface area contributed by atoms with Crippen molar-refractivity contribution in [1.82, 2.24) is 14.8 Å². The summed E-state index contributed by atoms with van der Waals surface area (Å²) >= 11 is 0. The van der Waals surface area contributed by atoms with Crippen molar-refractivity contribution in [3.8, 4) is 0 Å². The first-order valence-corrected chi connectivity index (χ1v) is 11.5. The Balaban J connectivity index is 1.63. The zero-order valence-electron chi connectivity index (χ0n) is 18.8. The second kappa shape index (κ2) is 10.0. The van der Waals surface area contributed by atoms with Gasteiger partial charge in [-0.2, -0.15) is 0 Å². The molecule has 1 aromatic carbocycles. The fourth-order valence-corrected chi connectivity index (χ4v) is 4.18. The van der Waals surface area contributed by atoms with Crippen LogP contribution in [0.3, 0.4) is 0 Å². The zero-order valence-corrected chi connectivity index (χ0v) is 18.8. The first kappa shape index (κ1) is 22.8. The van der Waals surface area contributed by atoms with Gasteiger partial charge in [-0.25, -0.2) is 4.79 Å². The minimum atomic E-state index is -0.712. The lowest BCUT2D eigenvalue weighted by Gasteiger charge is -2.34. The minimum Gasteiger partial charge on any atom is -0.464 e. The number of benzene rings is 1. The summed E-state index contributed by atoms with van der Waals surface area (Å²) in [5.41, 5.74) is 0.153. The summed E-state index contributed by atoms with van der Waals surface area (Å²) in [6.07, 6.45) is 6.98. The van der Waals surface area contributed by atoms with Crippen molar-refractivity contribution in [1.29, 1.82) is 0 Å². The number of rotatable bonds is 7. The Morgan fingerprint density at radius 1 is 1.03 bits per heavy atom. The normalized spacial score (nSPS) is 18.0. The molecule has 1 saturated heterocycles. The zero-order chi connectivity index (χ0) is 23.4. The van der Waals surface area contributed by atoms with Gasteiger partial charge in [0, 0.05) is 31.5 Å². The molecule has 8 nitrogen and oxygen atoms in total. The van der Waals surface area contributed by atoms with E-state index in [0.29, 0.717) is 13.0 Å². The number of amides is 2. The van der Waals surface area contributed by atoms with Crippen LogP contribution in [0, 0.1) is 0 Å². The summed E-state index contributed by atoms with van der Waals surface area (Å²) < 4.78 is 6.94. The average molecular weight is 452 g/mol. The molecule has 4 rings (SSSR count). The Morgan fingerprint density at radius 2 is 1.76 bits per heavy atom. The Labute approximate surface area is 192 Å². The van der Waals surface area contributed by atoms with Gasteiger partial charge in [-0.05, 0) is 44.6 Å². The largest absolute Gasteiger partial charge is 0.464 e. The smallest absolute Gasteiger partial charge is 0.328 e. The molecule has 8 heteroatoms. The molecular formula is C25H29N3O5. The quantitative estimate of drug-likeness (QED) is 0.653. The van der Waals surface area contributed by atoms with Gasteiger partial charge in [-0.1, -0.05) is 30.3 Å². The van der Waals surface area contributed by atoms with Crippen LogP contribution in [0.15, 0.2) is 47.5 Å². The Bertz CT molecular complexity index is 1090. The predicted molar refractivity (Wildman–Crippen MR) is 122 cm³/mol. The number of carbonyl (C=O) groups excluding carboxylic acids is 3. The van der Waals surface area contributed by atoms with Crippen molar-refractivity contribution in [2.75, 3.05) is 13.2 Å². The van der Waals surface area contributed by atoms with Gasteiger partial charge in [0.05, 0.1) is 6.61 Å². The van der Waals surface area contributed by atoms with Crippen molar-refractivity contribution in [3.63, 3.8) is 0 Å². The third kappa shape index (κ3) is 5.16. The number of ether oxygens (including phenoxy) is 1. The van der Waals surface area contributed by atoms with Crippen LogP contribution in [0.25, 0.3) is 0 Å². The molecule has 1 aliphatic carbocycles. The SMILES string of the molecule is CCOC(=O)C1CCCCN1C(=O)c1cn(C2CC2)cc(C(=O)NCc2ccccc2)c1=O. The molecular weight excluding hydrogens is 422 g/mol. The van der Waals surface area contributed by atoms with Crippen LogP contribution in [0.4, 0.5) is 0 Å². The van der Waals surface area contributed by atoms with E-state index in [1.807, 2.05) is 30.3 Å². The topological polar surface area (TPSA) is 97.7 Å². The molecule has 1 saturated carbocycles. The van der Waals surface area contributed by atoms with E-state index >= 15 is 0 Å². The number of hydrogen-bond donors (Lipinski definition) is 1. The highest BCUT2D eigenvalue weighted by Gasteiger charge is 2.36. The van der Waals surface area contributed by atoms with Crippen LogP contribution >= 0.6 is 0 Å². The number of hydrogen-bond acceptors (Lipinski definition) is 5. The van der Waals surface area contributed by atoms with E-state index in [2.05, 4.69) is 5.32 Å². The van der Waals surface area contributed by atoms with E-state index < -0.39 is 29.3 Å². The molecule has 0 spiro atoms. The first-order chi connectivity index (χ1) is 16.0. The predicted octanol–water partition coefficient (Wildman–Crippen LogP) is 2.67. The number of aromatic nitrogens is 1. The molecule has 1 aliphatic heterocycles. The van der Waals surface area contributed by atoms with E-state index in [0.717, 1.165) is 31.2 Å². The van der Waals surface area contributed by atoms with Gasteiger partial charge in [-0.3, -0.25) is 14.4 Å². The fraction of sp³-hybridized carbons (Fsp3) is 0.440. The summed E-state index contributed by atoms with van der Waals surface area (Å²) in [4.78, 5) is 53.5. The van der Waals surface area contributed by atoms with E-state index in [4.69, 9.17) is 4.74 Å². The summed E-state index contributed by atoms with van der Waals surface area (Å²) in [6, 6.07) is 8.86. The van der Waals surface area contributed by atoms with Crippen LogP contribution in [0.2, 0.25) is 0 Å². The lowest BCUT2D eigenvalue weighted by atomic mass is 10.0. The second-order valence-electron chi connectivity index (χ2n) is 8.52. The minimum absolute atomic E-state index is 0.0617. The number of nitrogens with one attached hydrogen (secondary N) is 1. The summed E-state index contributed by atoms with van der Waals surface area (Å²) in [6.45, 7) is 2.59. The summed E-state index contributed by atoms with van der Waals surface area (Å²) in [5, 5.41) is 2.78. The third-order valence-corrected chi connectivity index (χ3v) is 6.11. The van der Waals surface area contributed by atoms with Gasteiger partial charge in [-0.15, -0.1) is 0 Å². The number of piperidine rings is 1. The Hall–Kier alpha value is -3.42.